The van der Waals surface area contributed by atoms with Crippen LogP contribution in [0.1, 0.15) is 59.2 Å². The summed E-state index contributed by atoms with van der Waals surface area (Å²) >= 11 is 0. The third-order valence-corrected chi connectivity index (χ3v) is 5.10. The summed E-state index contributed by atoms with van der Waals surface area (Å²) in [5.74, 6) is 0.854. The van der Waals surface area contributed by atoms with Gasteiger partial charge >= 0.3 is 0 Å². The lowest BCUT2D eigenvalue weighted by molar-refractivity contribution is 0.0385. The number of rotatable bonds is 11. The molecule has 0 radical (unpaired) electrons. The first kappa shape index (κ1) is 18.2. The van der Waals surface area contributed by atoms with Crippen molar-refractivity contribution in [2.24, 2.45) is 11.8 Å². The summed E-state index contributed by atoms with van der Waals surface area (Å²) in [6.07, 6.45) is 5.11. The second-order valence-electron chi connectivity index (χ2n) is 8.16. The van der Waals surface area contributed by atoms with E-state index in [0.29, 0.717) is 24.8 Å². The first-order valence-electron chi connectivity index (χ1n) is 11.2. The van der Waals surface area contributed by atoms with Crippen LogP contribution in [0.3, 0.4) is 0 Å². The van der Waals surface area contributed by atoms with E-state index in [4.69, 9.17) is 7.48 Å². The maximum absolute atomic E-state index is 13.1. The number of aromatic nitrogens is 1. The summed E-state index contributed by atoms with van der Waals surface area (Å²) < 4.78 is 37.5. The van der Waals surface area contributed by atoms with Gasteiger partial charge in [-0.05, 0) is 56.1 Å². The van der Waals surface area contributed by atoms with E-state index in [9.17, 15) is 9.18 Å². The number of halogens is 1. The lowest BCUT2D eigenvalue weighted by Crippen LogP contribution is -2.39. The Balaban J connectivity index is 1.71. The molecular weight excluding hydrogens is 361 g/mol. The largest absolute Gasteiger partial charge is 0.476 e. The highest BCUT2D eigenvalue weighted by Gasteiger charge is 2.25. The van der Waals surface area contributed by atoms with Crippen LogP contribution < -0.4 is 15.0 Å². The zero-order chi connectivity index (χ0) is 21.7. The predicted molar refractivity (Wildman–Crippen MR) is 107 cm³/mol. The van der Waals surface area contributed by atoms with Gasteiger partial charge in [0, 0.05) is 13.1 Å². The first-order chi connectivity index (χ1) is 14.2. The van der Waals surface area contributed by atoms with Gasteiger partial charge in [0.05, 0.1) is 27.7 Å². The molecule has 0 bridgehead atoms. The SMILES string of the molecule is [2H]C([2H])(F)OC[C@H](CC(C)C)NC(=O)c1ccc(N2CCCC2)c(OCC2CC2)n1. The summed E-state index contributed by atoms with van der Waals surface area (Å²) in [5, 5.41) is 2.80. The molecule has 1 aliphatic heterocycles. The molecule has 1 amide bonds. The van der Waals surface area contributed by atoms with Crippen molar-refractivity contribution in [2.45, 2.75) is 52.0 Å². The average molecular weight is 396 g/mol. The van der Waals surface area contributed by atoms with Gasteiger partial charge in [-0.2, -0.15) is 0 Å². The quantitative estimate of drug-likeness (QED) is 0.621. The Bertz CT molecular complexity index is 720. The van der Waals surface area contributed by atoms with Crippen LogP contribution in [0.4, 0.5) is 10.1 Å². The Morgan fingerprint density at radius 1 is 1.39 bits per heavy atom. The summed E-state index contributed by atoms with van der Waals surface area (Å²) in [7, 11) is 0. The number of anilines is 1. The molecule has 1 aromatic heterocycles. The number of nitrogens with zero attached hydrogens (tertiary/aromatic N) is 2. The van der Waals surface area contributed by atoms with Crippen LogP contribution in [0.15, 0.2) is 12.1 Å². The van der Waals surface area contributed by atoms with E-state index >= 15 is 0 Å². The Morgan fingerprint density at radius 2 is 2.14 bits per heavy atom. The minimum Gasteiger partial charge on any atom is -0.476 e. The summed E-state index contributed by atoms with van der Waals surface area (Å²) in [5.41, 5.74) is 1.14. The van der Waals surface area contributed by atoms with Gasteiger partial charge in [0.15, 0.2) is 6.81 Å². The number of ether oxygens (including phenoxy) is 2. The molecule has 0 unspecified atom stereocenters. The molecular formula is C21H32FN3O3. The van der Waals surface area contributed by atoms with Gasteiger partial charge in [-0.1, -0.05) is 13.8 Å². The van der Waals surface area contributed by atoms with Crippen LogP contribution >= 0.6 is 0 Å². The van der Waals surface area contributed by atoms with Crippen molar-refractivity contribution >= 4 is 11.6 Å². The maximum atomic E-state index is 13.1. The molecule has 1 aliphatic carbocycles. The second-order valence-corrected chi connectivity index (χ2v) is 8.16. The van der Waals surface area contributed by atoms with Crippen LogP contribution in [-0.2, 0) is 4.74 Å². The van der Waals surface area contributed by atoms with Crippen molar-refractivity contribution in [1.82, 2.24) is 10.3 Å². The van der Waals surface area contributed by atoms with E-state index in [-0.39, 0.29) is 18.2 Å². The molecule has 156 valence electrons. The topological polar surface area (TPSA) is 63.7 Å². The Kier molecular flexibility index (Phi) is 6.52. The number of nitrogens with one attached hydrogen (secondary N) is 1. The molecule has 1 saturated carbocycles. The molecule has 3 rings (SSSR count). The fraction of sp³-hybridized carbons (Fsp3) is 0.714. The predicted octanol–water partition coefficient (Wildman–Crippen LogP) is 3.56. The summed E-state index contributed by atoms with van der Waals surface area (Å²) in [6.45, 7) is 2.95. The van der Waals surface area contributed by atoms with Gasteiger partial charge < -0.3 is 19.7 Å². The average Bonchev–Trinajstić information content (AvgIpc) is 3.34. The standard InChI is InChI=1S/C21H32FN3O3/c1-15(2)11-17(13-27-14-22)23-20(26)18-7-8-19(25-9-3-4-10-25)21(24-18)28-12-16-5-6-16/h7-8,15-17H,3-6,9-14H2,1-2H3,(H,23,26)/t17-/m0/s1/i14D2. The van der Waals surface area contributed by atoms with E-state index < -0.39 is 18.8 Å². The fourth-order valence-corrected chi connectivity index (χ4v) is 3.47. The summed E-state index contributed by atoms with van der Waals surface area (Å²) in [4.78, 5) is 19.5. The normalized spacial score (nSPS) is 19.4. The molecule has 2 aliphatic rings. The number of hydrogen-bond acceptors (Lipinski definition) is 5. The molecule has 28 heavy (non-hydrogen) atoms. The number of hydrogen-bond donors (Lipinski definition) is 1. The molecule has 0 spiro atoms. The van der Waals surface area contributed by atoms with Crippen molar-refractivity contribution in [1.29, 1.82) is 0 Å². The zero-order valence-electron chi connectivity index (χ0n) is 18.7. The minimum absolute atomic E-state index is 0.215. The number of carbonyl (C=O) groups is 1. The molecule has 1 atom stereocenters. The van der Waals surface area contributed by atoms with Crippen molar-refractivity contribution in [3.63, 3.8) is 0 Å². The first-order valence-corrected chi connectivity index (χ1v) is 10.2. The van der Waals surface area contributed by atoms with E-state index in [0.717, 1.165) is 44.5 Å². The highest BCUT2D eigenvalue weighted by Crippen LogP contribution is 2.33. The fourth-order valence-electron chi connectivity index (χ4n) is 3.47. The third kappa shape index (κ3) is 6.06. The van der Waals surface area contributed by atoms with E-state index in [1.165, 1.54) is 0 Å². The van der Waals surface area contributed by atoms with Crippen LogP contribution in [0.2, 0.25) is 0 Å². The summed E-state index contributed by atoms with van der Waals surface area (Å²) in [6, 6.07) is 3.03. The number of pyridine rings is 1. The lowest BCUT2D eigenvalue weighted by Gasteiger charge is -2.22. The van der Waals surface area contributed by atoms with Crippen LogP contribution in [0.25, 0.3) is 0 Å². The number of alkyl halides is 1. The van der Waals surface area contributed by atoms with E-state index in [2.05, 4.69) is 19.9 Å². The Morgan fingerprint density at radius 3 is 2.79 bits per heavy atom. The van der Waals surface area contributed by atoms with Crippen molar-refractivity contribution in [3.8, 4) is 5.88 Å². The van der Waals surface area contributed by atoms with Gasteiger partial charge in [-0.3, -0.25) is 4.79 Å². The van der Waals surface area contributed by atoms with Gasteiger partial charge in [-0.25, -0.2) is 9.37 Å². The molecule has 6 nitrogen and oxygen atoms in total. The highest BCUT2D eigenvalue weighted by atomic mass is 19.1. The van der Waals surface area contributed by atoms with Crippen LogP contribution in [0, 0.1) is 11.8 Å². The maximum Gasteiger partial charge on any atom is 0.270 e. The molecule has 1 saturated heterocycles. The van der Waals surface area contributed by atoms with E-state index in [1.54, 1.807) is 6.07 Å². The second kappa shape index (κ2) is 10.0. The van der Waals surface area contributed by atoms with E-state index in [1.807, 2.05) is 19.9 Å². The smallest absolute Gasteiger partial charge is 0.270 e. The van der Waals surface area contributed by atoms with Crippen molar-refractivity contribution in [3.05, 3.63) is 17.8 Å². The molecule has 2 heterocycles. The molecule has 0 aromatic carbocycles. The zero-order valence-corrected chi connectivity index (χ0v) is 16.7. The third-order valence-electron chi connectivity index (χ3n) is 5.10. The monoisotopic (exact) mass is 395 g/mol. The number of amides is 1. The highest BCUT2D eigenvalue weighted by molar-refractivity contribution is 5.93. The van der Waals surface area contributed by atoms with Crippen LogP contribution in [0.5, 0.6) is 5.88 Å². The molecule has 2 fully saturated rings. The molecule has 7 heteroatoms. The Hall–Kier alpha value is -1.89. The van der Waals surface area contributed by atoms with Crippen LogP contribution in [-0.4, -0.2) is 50.0 Å². The molecule has 1 N–H and O–H groups in total. The van der Waals surface area contributed by atoms with Gasteiger partial charge in [0.1, 0.15) is 5.69 Å². The van der Waals surface area contributed by atoms with Crippen molar-refractivity contribution < 1.29 is 21.4 Å². The molecule has 1 aromatic rings. The lowest BCUT2D eigenvalue weighted by atomic mass is 10.0. The number of carbonyl (C=O) groups excluding carboxylic acids is 1. The van der Waals surface area contributed by atoms with Gasteiger partial charge in [0.25, 0.3) is 5.91 Å². The Labute approximate surface area is 169 Å². The van der Waals surface area contributed by atoms with Crippen molar-refractivity contribution in [2.75, 3.05) is 38.0 Å². The minimum atomic E-state index is -3.24. The van der Waals surface area contributed by atoms with Gasteiger partial charge in [-0.15, -0.1) is 0 Å². The van der Waals surface area contributed by atoms with Gasteiger partial charge in [0.2, 0.25) is 5.88 Å².